The van der Waals surface area contributed by atoms with Crippen LogP contribution in [0.3, 0.4) is 0 Å². The molecular weight excluding hydrogens is 586 g/mol. The van der Waals surface area contributed by atoms with Crippen molar-refractivity contribution in [2.75, 3.05) is 43.4 Å². The highest BCUT2D eigenvalue weighted by atomic mass is 16.6. The molecule has 7 rings (SSSR count). The molecule has 240 valence electrons. The molecule has 0 spiro atoms. The summed E-state index contributed by atoms with van der Waals surface area (Å²) in [4.78, 5) is 18.2. The van der Waals surface area contributed by atoms with Crippen molar-refractivity contribution in [3.8, 4) is 0 Å². The lowest BCUT2D eigenvalue weighted by Crippen LogP contribution is -2.29. The molecule has 5 aromatic rings. The third-order valence-electron chi connectivity index (χ3n) is 8.73. The van der Waals surface area contributed by atoms with Crippen molar-refractivity contribution < 1.29 is 14.9 Å². The lowest BCUT2D eigenvalue weighted by Gasteiger charge is -2.20. The molecule has 14 nitrogen and oxygen atoms in total. The zero-order chi connectivity index (χ0) is 31.5. The summed E-state index contributed by atoms with van der Waals surface area (Å²) in [7, 11) is 0. The molecule has 0 saturated carbocycles. The molecule has 0 amide bonds. The van der Waals surface area contributed by atoms with Gasteiger partial charge >= 0.3 is 0 Å². The van der Waals surface area contributed by atoms with Gasteiger partial charge in [0.05, 0.1) is 12.9 Å². The highest BCUT2D eigenvalue weighted by Gasteiger charge is 2.47. The van der Waals surface area contributed by atoms with Gasteiger partial charge in [0.15, 0.2) is 29.3 Å². The van der Waals surface area contributed by atoms with E-state index in [4.69, 9.17) is 14.7 Å². The third kappa shape index (κ3) is 6.16. The maximum Gasteiger partial charge on any atom is 0.226 e. The lowest BCUT2D eigenvalue weighted by atomic mass is 9.91. The number of ether oxygens (including phenoxy) is 1. The lowest BCUT2D eigenvalue weighted by molar-refractivity contribution is -0.0384. The van der Waals surface area contributed by atoms with E-state index >= 15 is 0 Å². The molecule has 14 heteroatoms. The molecule has 0 aliphatic carbocycles. The SMILES string of the molecule is CCn1nnc([C@H]2O[C@@H](n3cnc4c(NCC(c5ccccc5)c5ccccc5)nc(NCCN5CCCC5)nc43)[C@H](O)[C@@H]2O)n1. The van der Waals surface area contributed by atoms with Crippen LogP contribution in [0.15, 0.2) is 67.0 Å². The minimum absolute atomic E-state index is 0.0565. The van der Waals surface area contributed by atoms with E-state index in [2.05, 4.69) is 60.2 Å². The van der Waals surface area contributed by atoms with Gasteiger partial charge in [-0.15, -0.1) is 10.2 Å². The number of anilines is 2. The molecule has 4 atom stereocenters. The van der Waals surface area contributed by atoms with Gasteiger partial charge in [0.2, 0.25) is 11.8 Å². The fourth-order valence-electron chi connectivity index (χ4n) is 6.24. The number of tetrazole rings is 1. The second-order valence-electron chi connectivity index (χ2n) is 11.7. The molecule has 0 radical (unpaired) electrons. The Morgan fingerprint density at radius 3 is 2.33 bits per heavy atom. The zero-order valence-corrected chi connectivity index (χ0v) is 25.7. The topological polar surface area (TPSA) is 164 Å². The number of hydrogen-bond donors (Lipinski definition) is 4. The van der Waals surface area contributed by atoms with Crippen LogP contribution in [0, 0.1) is 0 Å². The van der Waals surface area contributed by atoms with Gasteiger partial charge in [0.25, 0.3) is 0 Å². The van der Waals surface area contributed by atoms with Gasteiger partial charge in [-0.25, -0.2) is 4.98 Å². The summed E-state index contributed by atoms with van der Waals surface area (Å²) in [5, 5.41) is 41.3. The van der Waals surface area contributed by atoms with Crippen molar-refractivity contribution in [1.82, 2.24) is 44.6 Å². The molecular formula is C32H39N11O3. The summed E-state index contributed by atoms with van der Waals surface area (Å²) < 4.78 is 7.80. The average Bonchev–Trinajstić information content (AvgIpc) is 3.91. The second-order valence-corrected chi connectivity index (χ2v) is 11.7. The fourth-order valence-corrected chi connectivity index (χ4v) is 6.24. The maximum absolute atomic E-state index is 11.1. The minimum atomic E-state index is -1.28. The van der Waals surface area contributed by atoms with Crippen LogP contribution in [0.1, 0.15) is 55.0 Å². The van der Waals surface area contributed by atoms with Gasteiger partial charge in [-0.2, -0.15) is 14.8 Å². The van der Waals surface area contributed by atoms with E-state index < -0.39 is 24.5 Å². The normalized spacial score (nSPS) is 21.8. The molecule has 2 aromatic carbocycles. The number of aliphatic hydroxyl groups excluding tert-OH is 2. The summed E-state index contributed by atoms with van der Waals surface area (Å²) in [6.45, 7) is 6.73. The number of nitrogens with zero attached hydrogens (tertiary/aromatic N) is 9. The van der Waals surface area contributed by atoms with E-state index in [1.807, 2.05) is 43.3 Å². The minimum Gasteiger partial charge on any atom is -0.387 e. The summed E-state index contributed by atoms with van der Waals surface area (Å²) in [5.74, 6) is 1.25. The Balaban J connectivity index is 1.20. The van der Waals surface area contributed by atoms with Crippen molar-refractivity contribution in [2.24, 2.45) is 0 Å². The Labute approximate surface area is 266 Å². The van der Waals surface area contributed by atoms with Crippen LogP contribution in [0.5, 0.6) is 0 Å². The third-order valence-corrected chi connectivity index (χ3v) is 8.73. The first-order valence-electron chi connectivity index (χ1n) is 15.9. The van der Waals surface area contributed by atoms with E-state index in [1.54, 1.807) is 10.9 Å². The van der Waals surface area contributed by atoms with Gasteiger partial charge < -0.3 is 30.5 Å². The molecule has 3 aromatic heterocycles. The summed E-state index contributed by atoms with van der Waals surface area (Å²) in [6.07, 6.45) is -0.500. The smallest absolute Gasteiger partial charge is 0.226 e. The van der Waals surface area contributed by atoms with Crippen LogP contribution in [0.4, 0.5) is 11.8 Å². The quantitative estimate of drug-likeness (QED) is 0.160. The molecule has 2 aliphatic heterocycles. The Kier molecular flexibility index (Phi) is 8.83. The monoisotopic (exact) mass is 625 g/mol. The van der Waals surface area contributed by atoms with Crippen molar-refractivity contribution >= 4 is 22.9 Å². The van der Waals surface area contributed by atoms with Crippen molar-refractivity contribution in [3.05, 3.63) is 83.9 Å². The van der Waals surface area contributed by atoms with Gasteiger partial charge in [0.1, 0.15) is 12.2 Å². The first-order valence-corrected chi connectivity index (χ1v) is 15.9. The molecule has 4 N–H and O–H groups in total. The molecule has 2 aliphatic rings. The predicted octanol–water partition coefficient (Wildman–Crippen LogP) is 2.58. The average molecular weight is 626 g/mol. The van der Waals surface area contributed by atoms with E-state index in [1.165, 1.54) is 28.8 Å². The molecule has 2 fully saturated rings. The molecule has 0 unspecified atom stereocenters. The number of benzene rings is 2. The number of likely N-dealkylation sites (tertiary alicyclic amines) is 1. The Morgan fingerprint density at radius 2 is 1.65 bits per heavy atom. The Hall–Kier alpha value is -4.50. The fraction of sp³-hybridized carbons (Fsp3) is 0.438. The first-order chi connectivity index (χ1) is 22.6. The number of fused-ring (bicyclic) bond motifs is 1. The molecule has 2 saturated heterocycles. The standard InChI is InChI=1S/C32H39N11O3/c1-2-43-39-29(38-40-43)27-25(44)26(45)31(46-27)42-20-35-24-28(36-32(37-30(24)42)33-15-18-41-16-9-10-17-41)34-19-23(21-11-5-3-6-12-21)22-13-7-4-8-14-22/h3-8,11-14,20,23,25-27,31,44-45H,2,9-10,15-19H2,1H3,(H2,33,34,36,37)/t25-,26+,27-,31+/m0/s1. The van der Waals surface area contributed by atoms with Crippen LogP contribution in [-0.4, -0.2) is 99.8 Å². The largest absolute Gasteiger partial charge is 0.387 e. The zero-order valence-electron chi connectivity index (χ0n) is 25.7. The second kappa shape index (κ2) is 13.5. The Morgan fingerprint density at radius 1 is 0.935 bits per heavy atom. The first kappa shape index (κ1) is 30.2. The van der Waals surface area contributed by atoms with Crippen LogP contribution in [-0.2, 0) is 11.3 Å². The van der Waals surface area contributed by atoms with Crippen molar-refractivity contribution in [3.63, 3.8) is 0 Å². The predicted molar refractivity (Wildman–Crippen MR) is 171 cm³/mol. The number of hydrogen-bond acceptors (Lipinski definition) is 12. The van der Waals surface area contributed by atoms with E-state index in [0.717, 1.165) is 19.6 Å². The van der Waals surface area contributed by atoms with Gasteiger partial charge in [-0.3, -0.25) is 4.57 Å². The highest BCUT2D eigenvalue weighted by Crippen LogP contribution is 2.39. The number of aryl methyl sites for hydroxylation is 1. The number of imidazole rings is 1. The number of rotatable bonds is 12. The van der Waals surface area contributed by atoms with Crippen molar-refractivity contribution in [2.45, 2.75) is 56.8 Å². The number of aliphatic hydroxyl groups is 2. The van der Waals surface area contributed by atoms with Crippen LogP contribution in [0.25, 0.3) is 11.2 Å². The maximum atomic E-state index is 11.1. The van der Waals surface area contributed by atoms with Crippen LogP contribution in [0.2, 0.25) is 0 Å². The van der Waals surface area contributed by atoms with Crippen molar-refractivity contribution in [1.29, 1.82) is 0 Å². The number of nitrogens with one attached hydrogen (secondary N) is 2. The molecule has 46 heavy (non-hydrogen) atoms. The molecule has 0 bridgehead atoms. The summed E-state index contributed by atoms with van der Waals surface area (Å²) >= 11 is 0. The summed E-state index contributed by atoms with van der Waals surface area (Å²) in [6, 6.07) is 20.7. The van der Waals surface area contributed by atoms with E-state index in [9.17, 15) is 10.2 Å². The summed E-state index contributed by atoms with van der Waals surface area (Å²) in [5.41, 5.74) is 3.34. The van der Waals surface area contributed by atoms with Crippen LogP contribution >= 0.6 is 0 Å². The Bertz CT molecular complexity index is 1690. The van der Waals surface area contributed by atoms with Gasteiger partial charge in [-0.05, 0) is 49.2 Å². The highest BCUT2D eigenvalue weighted by molar-refractivity contribution is 5.84. The van der Waals surface area contributed by atoms with E-state index in [-0.39, 0.29) is 11.7 Å². The van der Waals surface area contributed by atoms with Crippen LogP contribution < -0.4 is 10.6 Å². The molecule has 5 heterocycles. The van der Waals surface area contributed by atoms with E-state index in [0.29, 0.717) is 42.6 Å². The number of aromatic nitrogens is 8. The van der Waals surface area contributed by atoms with Gasteiger partial charge in [-0.1, -0.05) is 60.7 Å². The van der Waals surface area contributed by atoms with Gasteiger partial charge in [0, 0.05) is 25.6 Å².